The van der Waals surface area contributed by atoms with E-state index >= 15 is 0 Å². The van der Waals surface area contributed by atoms with Gasteiger partial charge in [-0.25, -0.2) is 22.3 Å². The van der Waals surface area contributed by atoms with Crippen molar-refractivity contribution >= 4 is 22.0 Å². The van der Waals surface area contributed by atoms with E-state index in [4.69, 9.17) is 4.74 Å². The van der Waals surface area contributed by atoms with E-state index in [2.05, 4.69) is 4.74 Å². The zero-order chi connectivity index (χ0) is 18.6. The second-order valence-electron chi connectivity index (χ2n) is 5.22. The Balaban J connectivity index is 2.12. The first-order valence-corrected chi connectivity index (χ1v) is 8.63. The number of esters is 2. The molecule has 0 atom stereocenters. The largest absolute Gasteiger partial charge is 0.465 e. The van der Waals surface area contributed by atoms with Crippen molar-refractivity contribution in [2.24, 2.45) is 0 Å². The van der Waals surface area contributed by atoms with E-state index in [1.807, 2.05) is 0 Å². The van der Waals surface area contributed by atoms with Crippen molar-refractivity contribution < 1.29 is 27.5 Å². The van der Waals surface area contributed by atoms with E-state index in [9.17, 15) is 18.0 Å². The molecule has 0 aliphatic rings. The van der Waals surface area contributed by atoms with Gasteiger partial charge in [0, 0.05) is 14.1 Å². The van der Waals surface area contributed by atoms with Crippen LogP contribution in [0, 0.1) is 0 Å². The summed E-state index contributed by atoms with van der Waals surface area (Å²) >= 11 is 0. The van der Waals surface area contributed by atoms with Gasteiger partial charge in [0.25, 0.3) is 0 Å². The van der Waals surface area contributed by atoms with Crippen molar-refractivity contribution in [1.29, 1.82) is 0 Å². The molecule has 0 spiro atoms. The number of carbonyl (C=O) groups is 2. The number of hydrogen-bond donors (Lipinski definition) is 0. The number of carbonyl (C=O) groups excluding carboxylic acids is 2. The average molecular weight is 363 g/mol. The van der Waals surface area contributed by atoms with E-state index in [1.54, 1.807) is 0 Å². The maximum absolute atomic E-state index is 12.1. The molecular weight excluding hydrogens is 346 g/mol. The number of sulfonamides is 1. The van der Waals surface area contributed by atoms with Gasteiger partial charge in [-0.15, -0.1) is 0 Å². The smallest absolute Gasteiger partial charge is 0.343 e. The highest BCUT2D eigenvalue weighted by Crippen LogP contribution is 2.17. The van der Waals surface area contributed by atoms with Crippen LogP contribution in [0.15, 0.2) is 53.4 Å². The molecule has 0 aliphatic carbocycles. The molecule has 2 rings (SSSR count). The molecular formula is C17H17NO6S. The van der Waals surface area contributed by atoms with Crippen molar-refractivity contribution in [3.63, 3.8) is 0 Å². The summed E-state index contributed by atoms with van der Waals surface area (Å²) in [6, 6.07) is 11.3. The third-order valence-electron chi connectivity index (χ3n) is 3.35. The van der Waals surface area contributed by atoms with Gasteiger partial charge < -0.3 is 9.47 Å². The Morgan fingerprint density at radius 3 is 1.80 bits per heavy atom. The second-order valence-corrected chi connectivity index (χ2v) is 7.37. The minimum atomic E-state index is -3.56. The van der Waals surface area contributed by atoms with Crippen LogP contribution in [0.1, 0.15) is 20.7 Å². The van der Waals surface area contributed by atoms with E-state index in [-0.39, 0.29) is 16.2 Å². The maximum Gasteiger partial charge on any atom is 0.343 e. The van der Waals surface area contributed by atoms with Crippen molar-refractivity contribution in [3.05, 3.63) is 59.7 Å². The van der Waals surface area contributed by atoms with Crippen LogP contribution in [0.25, 0.3) is 0 Å². The van der Waals surface area contributed by atoms with Crippen LogP contribution < -0.4 is 4.74 Å². The summed E-state index contributed by atoms with van der Waals surface area (Å²) in [6.45, 7) is 0. The summed E-state index contributed by atoms with van der Waals surface area (Å²) in [6.07, 6.45) is 0. The summed E-state index contributed by atoms with van der Waals surface area (Å²) in [7, 11) is 0.570. The fourth-order valence-electron chi connectivity index (χ4n) is 1.92. The predicted molar refractivity (Wildman–Crippen MR) is 90.1 cm³/mol. The fraction of sp³-hybridized carbons (Fsp3) is 0.176. The van der Waals surface area contributed by atoms with Gasteiger partial charge in [0.1, 0.15) is 5.75 Å². The normalized spacial score (nSPS) is 11.2. The van der Waals surface area contributed by atoms with E-state index in [0.29, 0.717) is 5.56 Å². The lowest BCUT2D eigenvalue weighted by atomic mass is 10.2. The zero-order valence-corrected chi connectivity index (χ0v) is 14.7. The Morgan fingerprint density at radius 1 is 0.840 bits per heavy atom. The van der Waals surface area contributed by atoms with Crippen molar-refractivity contribution in [2.75, 3.05) is 21.2 Å². The number of ether oxygens (including phenoxy) is 2. The number of nitrogens with zero attached hydrogens (tertiary/aromatic N) is 1. The van der Waals surface area contributed by atoms with Crippen LogP contribution >= 0.6 is 0 Å². The molecule has 8 heteroatoms. The van der Waals surface area contributed by atoms with Crippen LogP contribution in [0.3, 0.4) is 0 Å². The van der Waals surface area contributed by atoms with Gasteiger partial charge in [-0.05, 0) is 48.5 Å². The van der Waals surface area contributed by atoms with Gasteiger partial charge in [-0.1, -0.05) is 0 Å². The Kier molecular flexibility index (Phi) is 5.55. The molecule has 0 saturated carbocycles. The third kappa shape index (κ3) is 4.23. The fourth-order valence-corrected chi connectivity index (χ4v) is 2.82. The molecule has 0 N–H and O–H groups in total. The Morgan fingerprint density at radius 2 is 1.32 bits per heavy atom. The monoisotopic (exact) mass is 363 g/mol. The predicted octanol–water partition coefficient (Wildman–Crippen LogP) is 1.94. The highest BCUT2D eigenvalue weighted by molar-refractivity contribution is 7.89. The van der Waals surface area contributed by atoms with Crippen LogP contribution in [-0.4, -0.2) is 45.9 Å². The molecule has 0 fully saturated rings. The number of benzene rings is 2. The first-order valence-electron chi connectivity index (χ1n) is 7.19. The third-order valence-corrected chi connectivity index (χ3v) is 5.18. The molecule has 0 bridgehead atoms. The Bertz CT molecular complexity index is 870. The minimum Gasteiger partial charge on any atom is -0.465 e. The van der Waals surface area contributed by atoms with E-state index in [0.717, 1.165) is 4.31 Å². The molecule has 2 aromatic carbocycles. The second kappa shape index (κ2) is 7.45. The SMILES string of the molecule is COC(=O)c1ccc(OC(=O)c2ccc(S(=O)(=O)N(C)C)cc2)cc1. The first-order chi connectivity index (χ1) is 11.8. The van der Waals surface area contributed by atoms with Gasteiger partial charge in [-0.2, -0.15) is 0 Å². The quantitative estimate of drug-likeness (QED) is 0.596. The van der Waals surface area contributed by atoms with Gasteiger partial charge >= 0.3 is 11.9 Å². The molecule has 0 aromatic heterocycles. The van der Waals surface area contributed by atoms with Crippen LogP contribution in [-0.2, 0) is 14.8 Å². The van der Waals surface area contributed by atoms with E-state index in [1.165, 1.54) is 69.7 Å². The molecule has 0 radical (unpaired) electrons. The summed E-state index contributed by atoms with van der Waals surface area (Å²) in [4.78, 5) is 23.5. The van der Waals surface area contributed by atoms with E-state index < -0.39 is 22.0 Å². The summed E-state index contributed by atoms with van der Waals surface area (Å²) in [5.74, 6) is -0.877. The molecule has 2 aromatic rings. The Hall–Kier alpha value is -2.71. The lowest BCUT2D eigenvalue weighted by Gasteiger charge is -2.11. The van der Waals surface area contributed by atoms with Gasteiger partial charge in [0.05, 0.1) is 23.1 Å². The first kappa shape index (κ1) is 18.6. The van der Waals surface area contributed by atoms with Gasteiger partial charge in [0.15, 0.2) is 0 Å². The van der Waals surface area contributed by atoms with Crippen molar-refractivity contribution in [1.82, 2.24) is 4.31 Å². The molecule has 0 unspecified atom stereocenters. The molecule has 7 nitrogen and oxygen atoms in total. The molecule has 0 amide bonds. The molecule has 132 valence electrons. The summed E-state index contributed by atoms with van der Waals surface area (Å²) < 4.78 is 34.8. The maximum atomic E-state index is 12.1. The summed E-state index contributed by atoms with van der Waals surface area (Å²) in [5, 5.41) is 0. The highest BCUT2D eigenvalue weighted by Gasteiger charge is 2.18. The van der Waals surface area contributed by atoms with Crippen LogP contribution in [0.4, 0.5) is 0 Å². The van der Waals surface area contributed by atoms with Crippen LogP contribution in [0.5, 0.6) is 5.75 Å². The average Bonchev–Trinajstić information content (AvgIpc) is 2.61. The minimum absolute atomic E-state index is 0.0801. The molecule has 25 heavy (non-hydrogen) atoms. The highest BCUT2D eigenvalue weighted by atomic mass is 32.2. The molecule has 0 heterocycles. The lowest BCUT2D eigenvalue weighted by molar-refractivity contribution is 0.0600. The molecule has 0 aliphatic heterocycles. The number of rotatable bonds is 5. The van der Waals surface area contributed by atoms with Crippen LogP contribution in [0.2, 0.25) is 0 Å². The van der Waals surface area contributed by atoms with Gasteiger partial charge in [0.2, 0.25) is 10.0 Å². The zero-order valence-electron chi connectivity index (χ0n) is 13.9. The number of hydrogen-bond acceptors (Lipinski definition) is 6. The topological polar surface area (TPSA) is 90.0 Å². The lowest BCUT2D eigenvalue weighted by Crippen LogP contribution is -2.22. The van der Waals surface area contributed by atoms with Gasteiger partial charge in [-0.3, -0.25) is 0 Å². The Labute approximate surface area is 145 Å². The summed E-state index contributed by atoms with van der Waals surface area (Å²) in [5.41, 5.74) is 0.537. The van der Waals surface area contributed by atoms with Crippen molar-refractivity contribution in [2.45, 2.75) is 4.90 Å². The van der Waals surface area contributed by atoms with Crippen molar-refractivity contribution in [3.8, 4) is 5.75 Å². The standard InChI is InChI=1S/C17H17NO6S/c1-18(2)25(21,22)15-10-6-13(7-11-15)17(20)24-14-8-4-12(5-9-14)16(19)23-3/h4-11H,1-3H3. The molecule has 0 saturated heterocycles. The number of methoxy groups -OCH3 is 1.